The summed E-state index contributed by atoms with van der Waals surface area (Å²) in [6, 6.07) is 29.9. The summed E-state index contributed by atoms with van der Waals surface area (Å²) in [6.07, 6.45) is -3.84. The molecule has 36 heavy (non-hydrogen) atoms. The van der Waals surface area contributed by atoms with Crippen molar-refractivity contribution >= 4 is 0 Å². The Hall–Kier alpha value is -2.58. The molecule has 1 N–H and O–H groups in total. The molecular weight excluding hydrogens is 456 g/mol. The van der Waals surface area contributed by atoms with Gasteiger partial charge in [-0.15, -0.1) is 0 Å². The van der Waals surface area contributed by atoms with E-state index in [4.69, 9.17) is 23.7 Å². The smallest absolute Gasteiger partial charge is 0.186 e. The quantitative estimate of drug-likeness (QED) is 0.389. The van der Waals surface area contributed by atoms with E-state index in [0.717, 1.165) is 16.7 Å². The fraction of sp³-hybridized carbons (Fsp3) is 0.400. The van der Waals surface area contributed by atoms with Crippen molar-refractivity contribution in [1.82, 2.24) is 0 Å². The maximum Gasteiger partial charge on any atom is 0.186 e. The molecule has 192 valence electrons. The lowest BCUT2D eigenvalue weighted by Gasteiger charge is -2.46. The van der Waals surface area contributed by atoms with E-state index in [-0.39, 0.29) is 0 Å². The summed E-state index contributed by atoms with van der Waals surface area (Å²) in [5.41, 5.74) is 3.10. The third kappa shape index (κ3) is 7.23. The van der Waals surface area contributed by atoms with Crippen LogP contribution in [0.15, 0.2) is 91.0 Å². The zero-order valence-electron chi connectivity index (χ0n) is 20.9. The minimum atomic E-state index is -0.799. The van der Waals surface area contributed by atoms with E-state index in [1.54, 1.807) is 6.92 Å². The summed E-state index contributed by atoms with van der Waals surface area (Å²) in [5.74, 6) is 0. The largest absolute Gasteiger partial charge is 0.391 e. The van der Waals surface area contributed by atoms with Crippen molar-refractivity contribution in [2.75, 3.05) is 6.61 Å². The third-order valence-electron chi connectivity index (χ3n) is 6.19. The van der Waals surface area contributed by atoms with E-state index in [9.17, 15) is 5.11 Å². The lowest BCUT2D eigenvalue weighted by atomic mass is 9.94. The average molecular weight is 493 g/mol. The van der Waals surface area contributed by atoms with Crippen molar-refractivity contribution < 1.29 is 28.8 Å². The summed E-state index contributed by atoms with van der Waals surface area (Å²) >= 11 is 0. The van der Waals surface area contributed by atoms with Gasteiger partial charge in [0.2, 0.25) is 0 Å². The molecule has 1 aliphatic heterocycles. The summed E-state index contributed by atoms with van der Waals surface area (Å²) in [6.45, 7) is 5.14. The molecule has 0 amide bonds. The van der Waals surface area contributed by atoms with Crippen LogP contribution in [0.25, 0.3) is 0 Å². The normalized spacial score (nSPS) is 24.9. The number of hydrogen-bond acceptors (Lipinski definition) is 6. The first-order valence-electron chi connectivity index (χ1n) is 12.6. The number of aliphatic hydroxyl groups excluding tert-OH is 1. The Kier molecular flexibility index (Phi) is 10.0. The molecule has 1 fully saturated rings. The second-order valence-electron chi connectivity index (χ2n) is 8.95. The first-order valence-corrected chi connectivity index (χ1v) is 12.6. The van der Waals surface area contributed by atoms with Crippen LogP contribution in [0.1, 0.15) is 30.5 Å². The number of benzene rings is 3. The second-order valence-corrected chi connectivity index (χ2v) is 8.95. The van der Waals surface area contributed by atoms with Gasteiger partial charge in [-0.1, -0.05) is 91.0 Å². The van der Waals surface area contributed by atoms with Gasteiger partial charge in [0.05, 0.1) is 25.9 Å². The minimum absolute atomic E-state index is 0.355. The highest BCUT2D eigenvalue weighted by molar-refractivity contribution is 5.15. The third-order valence-corrected chi connectivity index (χ3v) is 6.19. The molecule has 0 aliphatic carbocycles. The molecule has 1 aliphatic rings. The van der Waals surface area contributed by atoms with Gasteiger partial charge in [-0.3, -0.25) is 0 Å². The maximum absolute atomic E-state index is 10.7. The first kappa shape index (κ1) is 26.5. The molecule has 4 rings (SSSR count). The van der Waals surface area contributed by atoms with E-state index in [1.807, 2.05) is 97.9 Å². The van der Waals surface area contributed by atoms with Crippen LogP contribution in [0.5, 0.6) is 0 Å². The highest BCUT2D eigenvalue weighted by Crippen LogP contribution is 2.32. The van der Waals surface area contributed by atoms with E-state index in [0.29, 0.717) is 26.4 Å². The number of ether oxygens (including phenoxy) is 5. The van der Waals surface area contributed by atoms with Crippen LogP contribution in [-0.4, -0.2) is 48.5 Å². The van der Waals surface area contributed by atoms with Gasteiger partial charge in [-0.25, -0.2) is 0 Å². The predicted molar refractivity (Wildman–Crippen MR) is 137 cm³/mol. The highest BCUT2D eigenvalue weighted by atomic mass is 16.7. The molecular formula is C30H36O6. The summed E-state index contributed by atoms with van der Waals surface area (Å²) in [5, 5.41) is 10.7. The topological polar surface area (TPSA) is 66.4 Å². The Morgan fingerprint density at radius 3 is 1.47 bits per heavy atom. The molecule has 3 aromatic rings. The summed E-state index contributed by atoms with van der Waals surface area (Å²) in [4.78, 5) is 0. The lowest BCUT2D eigenvalue weighted by molar-refractivity contribution is -0.332. The van der Waals surface area contributed by atoms with Crippen LogP contribution in [0.3, 0.4) is 0 Å². The van der Waals surface area contributed by atoms with Crippen molar-refractivity contribution in [1.29, 1.82) is 0 Å². The van der Waals surface area contributed by atoms with Crippen molar-refractivity contribution in [3.63, 3.8) is 0 Å². The van der Waals surface area contributed by atoms with Crippen LogP contribution in [0, 0.1) is 0 Å². The Morgan fingerprint density at radius 2 is 1.06 bits per heavy atom. The fourth-order valence-corrected chi connectivity index (χ4v) is 4.38. The van der Waals surface area contributed by atoms with Crippen LogP contribution >= 0.6 is 0 Å². The molecule has 0 bridgehead atoms. The van der Waals surface area contributed by atoms with Gasteiger partial charge in [0.25, 0.3) is 0 Å². The van der Waals surface area contributed by atoms with Gasteiger partial charge >= 0.3 is 0 Å². The van der Waals surface area contributed by atoms with E-state index < -0.39 is 36.8 Å². The van der Waals surface area contributed by atoms with Crippen molar-refractivity contribution in [3.05, 3.63) is 108 Å². The standard InChI is InChI=1S/C30H36O6/c1-3-32-30-29(35-21-25-17-11-6-12-18-25)28(34-20-24-15-9-5-10-16-24)27(26(36-30)22(2)31)33-19-23-13-7-4-8-14-23/h4-18,22,26-31H,3,19-21H2,1-2H3/t22-,26-,27+,28+,29-,30-/m1/s1. The summed E-state index contributed by atoms with van der Waals surface area (Å²) < 4.78 is 31.6. The van der Waals surface area contributed by atoms with Gasteiger partial charge < -0.3 is 28.8 Å². The van der Waals surface area contributed by atoms with Crippen molar-refractivity contribution in [2.24, 2.45) is 0 Å². The molecule has 6 atom stereocenters. The van der Waals surface area contributed by atoms with Gasteiger partial charge in [0.1, 0.15) is 24.4 Å². The average Bonchev–Trinajstić information content (AvgIpc) is 2.92. The maximum atomic E-state index is 10.7. The molecule has 0 spiro atoms. The molecule has 6 heteroatoms. The molecule has 0 unspecified atom stereocenters. The Bertz CT molecular complexity index is 998. The van der Waals surface area contributed by atoms with E-state index in [1.165, 1.54) is 0 Å². The van der Waals surface area contributed by atoms with Crippen molar-refractivity contribution in [3.8, 4) is 0 Å². The zero-order valence-corrected chi connectivity index (χ0v) is 20.9. The van der Waals surface area contributed by atoms with E-state index >= 15 is 0 Å². The molecule has 0 saturated carbocycles. The van der Waals surface area contributed by atoms with E-state index in [2.05, 4.69) is 0 Å². The monoisotopic (exact) mass is 492 g/mol. The molecule has 1 saturated heterocycles. The van der Waals surface area contributed by atoms with Gasteiger partial charge in [-0.2, -0.15) is 0 Å². The Balaban J connectivity index is 1.61. The van der Waals surface area contributed by atoms with Gasteiger partial charge in [0, 0.05) is 6.61 Å². The van der Waals surface area contributed by atoms with Crippen LogP contribution < -0.4 is 0 Å². The van der Waals surface area contributed by atoms with Crippen LogP contribution in [-0.2, 0) is 43.5 Å². The molecule has 0 aromatic heterocycles. The predicted octanol–water partition coefficient (Wildman–Crippen LogP) is 4.88. The van der Waals surface area contributed by atoms with Crippen LogP contribution in [0.4, 0.5) is 0 Å². The SMILES string of the molecule is CCO[C@@H]1O[C@H]([C@@H](C)O)[C@H](OCc2ccccc2)[C@H](OCc2ccccc2)[C@H]1OCc1ccccc1. The van der Waals surface area contributed by atoms with Gasteiger partial charge in [-0.05, 0) is 30.5 Å². The number of rotatable bonds is 12. The second kappa shape index (κ2) is 13.7. The van der Waals surface area contributed by atoms with Crippen LogP contribution in [0.2, 0.25) is 0 Å². The van der Waals surface area contributed by atoms with Gasteiger partial charge in [0.15, 0.2) is 6.29 Å². The van der Waals surface area contributed by atoms with Crippen molar-refractivity contribution in [2.45, 2.75) is 70.5 Å². The Labute approximate surface area is 213 Å². The number of hydrogen-bond donors (Lipinski definition) is 1. The highest BCUT2D eigenvalue weighted by Gasteiger charge is 2.50. The molecule has 1 heterocycles. The first-order chi connectivity index (χ1) is 17.7. The number of aliphatic hydroxyl groups is 1. The minimum Gasteiger partial charge on any atom is -0.391 e. The lowest BCUT2D eigenvalue weighted by Crippen LogP contribution is -2.63. The fourth-order valence-electron chi connectivity index (χ4n) is 4.38. The molecule has 3 aromatic carbocycles. The molecule has 0 radical (unpaired) electrons. The molecule has 6 nitrogen and oxygen atoms in total. The zero-order chi connectivity index (χ0) is 25.2. The Morgan fingerprint density at radius 1 is 0.639 bits per heavy atom. The summed E-state index contributed by atoms with van der Waals surface area (Å²) in [7, 11) is 0.